The molecule has 1 aromatic rings. The van der Waals surface area contributed by atoms with Crippen molar-refractivity contribution in [2.24, 2.45) is 11.8 Å². The van der Waals surface area contributed by atoms with Crippen molar-refractivity contribution in [2.45, 2.75) is 53.5 Å². The lowest BCUT2D eigenvalue weighted by molar-refractivity contribution is -0.122. The number of carbonyl (C=O) groups excluding carboxylic acids is 2. The summed E-state index contributed by atoms with van der Waals surface area (Å²) in [7, 11) is 0. The van der Waals surface area contributed by atoms with Gasteiger partial charge in [-0.05, 0) is 25.2 Å². The molecule has 0 fully saturated rings. The maximum Gasteiger partial charge on any atom is 0.274 e. The summed E-state index contributed by atoms with van der Waals surface area (Å²) in [5, 5.41) is 2.97. The van der Waals surface area contributed by atoms with E-state index in [1.807, 2.05) is 6.92 Å². The van der Waals surface area contributed by atoms with Crippen LogP contribution in [0.4, 0.5) is 0 Å². The zero-order valence-electron chi connectivity index (χ0n) is 15.5. The number of hydrogen-bond acceptors (Lipinski definition) is 4. The number of carbonyl (C=O) groups is 2. The number of nitrogens with zero attached hydrogens (tertiary/aromatic N) is 3. The summed E-state index contributed by atoms with van der Waals surface area (Å²) in [5.74, 6) is 0.662. The second kappa shape index (κ2) is 10.0. The van der Waals surface area contributed by atoms with Crippen LogP contribution in [0.5, 0.6) is 0 Å². The molecule has 0 radical (unpaired) electrons. The Hall–Kier alpha value is -1.98. The smallest absolute Gasteiger partial charge is 0.274 e. The predicted octanol–water partition coefficient (Wildman–Crippen LogP) is 2.52. The van der Waals surface area contributed by atoms with Crippen LogP contribution in [0.15, 0.2) is 18.6 Å². The number of amides is 2. The highest BCUT2D eigenvalue weighted by atomic mass is 16.2. The molecular formula is C18H30N4O2. The molecule has 0 saturated heterocycles. The van der Waals surface area contributed by atoms with E-state index in [0.717, 1.165) is 6.42 Å². The van der Waals surface area contributed by atoms with Gasteiger partial charge in [0.15, 0.2) is 0 Å². The molecule has 6 heteroatoms. The van der Waals surface area contributed by atoms with Gasteiger partial charge in [-0.2, -0.15) is 0 Å². The molecule has 1 heterocycles. The van der Waals surface area contributed by atoms with Gasteiger partial charge in [-0.15, -0.1) is 0 Å². The maximum absolute atomic E-state index is 12.6. The molecule has 0 aliphatic rings. The number of aromatic nitrogens is 2. The van der Waals surface area contributed by atoms with Crippen molar-refractivity contribution in [2.75, 3.05) is 13.1 Å². The van der Waals surface area contributed by atoms with Crippen LogP contribution in [-0.4, -0.2) is 45.8 Å². The minimum atomic E-state index is -0.173. The Morgan fingerprint density at radius 2 is 1.83 bits per heavy atom. The molecule has 1 rings (SSSR count). The van der Waals surface area contributed by atoms with Crippen molar-refractivity contribution in [3.63, 3.8) is 0 Å². The quantitative estimate of drug-likeness (QED) is 0.753. The maximum atomic E-state index is 12.6. The fourth-order valence-corrected chi connectivity index (χ4v) is 2.03. The van der Waals surface area contributed by atoms with Gasteiger partial charge in [0, 0.05) is 37.9 Å². The van der Waals surface area contributed by atoms with E-state index in [2.05, 4.69) is 43.0 Å². The standard InChI is InChI=1S/C18H30N4O2/c1-13(2)6-10-22(18(24)16-12-19-8-9-20-16)11-7-17(23)21-15(5)14(3)4/h8-9,12-15H,6-7,10-11H2,1-5H3,(H,21,23). The third-order valence-corrected chi connectivity index (χ3v) is 4.04. The monoisotopic (exact) mass is 334 g/mol. The molecule has 0 saturated carbocycles. The first-order valence-corrected chi connectivity index (χ1v) is 8.66. The summed E-state index contributed by atoms with van der Waals surface area (Å²) in [6.07, 6.45) is 5.68. The van der Waals surface area contributed by atoms with Gasteiger partial charge in [-0.1, -0.05) is 27.7 Å². The predicted molar refractivity (Wildman–Crippen MR) is 94.5 cm³/mol. The Kier molecular flexibility index (Phi) is 8.36. The van der Waals surface area contributed by atoms with E-state index < -0.39 is 0 Å². The van der Waals surface area contributed by atoms with E-state index in [4.69, 9.17) is 0 Å². The highest BCUT2D eigenvalue weighted by molar-refractivity contribution is 5.92. The van der Waals surface area contributed by atoms with Gasteiger partial charge in [-0.3, -0.25) is 14.6 Å². The molecule has 0 spiro atoms. The number of nitrogens with one attached hydrogen (secondary N) is 1. The van der Waals surface area contributed by atoms with Gasteiger partial charge in [0.25, 0.3) is 5.91 Å². The summed E-state index contributed by atoms with van der Waals surface area (Å²) in [4.78, 5) is 34.4. The van der Waals surface area contributed by atoms with E-state index in [0.29, 0.717) is 37.0 Å². The first-order valence-electron chi connectivity index (χ1n) is 8.66. The molecule has 6 nitrogen and oxygen atoms in total. The minimum absolute atomic E-state index is 0.0299. The summed E-state index contributed by atoms with van der Waals surface area (Å²) < 4.78 is 0. The van der Waals surface area contributed by atoms with Gasteiger partial charge in [0.05, 0.1) is 6.20 Å². The number of rotatable bonds is 9. The number of hydrogen-bond donors (Lipinski definition) is 1. The zero-order valence-corrected chi connectivity index (χ0v) is 15.5. The van der Waals surface area contributed by atoms with Crippen LogP contribution >= 0.6 is 0 Å². The SMILES string of the molecule is CC(C)CCN(CCC(=O)NC(C)C(C)C)C(=O)c1cnccn1. The fourth-order valence-electron chi connectivity index (χ4n) is 2.03. The van der Waals surface area contributed by atoms with Crippen molar-refractivity contribution in [1.29, 1.82) is 0 Å². The average Bonchev–Trinajstić information content (AvgIpc) is 2.54. The van der Waals surface area contributed by atoms with Gasteiger partial charge in [-0.25, -0.2) is 4.98 Å². The van der Waals surface area contributed by atoms with Gasteiger partial charge >= 0.3 is 0 Å². The third-order valence-electron chi connectivity index (χ3n) is 4.04. The van der Waals surface area contributed by atoms with E-state index >= 15 is 0 Å². The van der Waals surface area contributed by atoms with Gasteiger partial charge < -0.3 is 10.2 Å². The molecule has 0 bridgehead atoms. The van der Waals surface area contributed by atoms with Crippen LogP contribution in [0.1, 0.15) is 57.9 Å². The Labute approximate surface area is 145 Å². The van der Waals surface area contributed by atoms with Gasteiger partial charge in [0.1, 0.15) is 5.69 Å². The molecule has 0 aliphatic heterocycles. The van der Waals surface area contributed by atoms with Crippen molar-refractivity contribution in [1.82, 2.24) is 20.2 Å². The first kappa shape index (κ1) is 20.1. The minimum Gasteiger partial charge on any atom is -0.353 e. The fraction of sp³-hybridized carbons (Fsp3) is 0.667. The largest absolute Gasteiger partial charge is 0.353 e. The molecule has 1 atom stereocenters. The van der Waals surface area contributed by atoms with Crippen molar-refractivity contribution in [3.05, 3.63) is 24.3 Å². The summed E-state index contributed by atoms with van der Waals surface area (Å²) in [6, 6.07) is 0.123. The normalized spacial score (nSPS) is 12.3. The molecule has 0 aromatic carbocycles. The molecule has 1 N–H and O–H groups in total. The summed E-state index contributed by atoms with van der Waals surface area (Å²) >= 11 is 0. The van der Waals surface area contributed by atoms with E-state index in [1.54, 1.807) is 4.90 Å². The second-order valence-corrected chi connectivity index (χ2v) is 6.92. The zero-order chi connectivity index (χ0) is 18.1. The Bertz CT molecular complexity index is 517. The van der Waals surface area contributed by atoms with Crippen LogP contribution in [-0.2, 0) is 4.79 Å². The van der Waals surface area contributed by atoms with Crippen LogP contribution in [0, 0.1) is 11.8 Å². The van der Waals surface area contributed by atoms with Gasteiger partial charge in [0.2, 0.25) is 5.91 Å². The van der Waals surface area contributed by atoms with E-state index in [1.165, 1.54) is 18.6 Å². The lowest BCUT2D eigenvalue weighted by atomic mass is 10.1. The molecule has 1 aromatic heterocycles. The molecule has 1 unspecified atom stereocenters. The summed E-state index contributed by atoms with van der Waals surface area (Å²) in [5.41, 5.74) is 0.317. The lowest BCUT2D eigenvalue weighted by Gasteiger charge is -2.24. The highest BCUT2D eigenvalue weighted by Crippen LogP contribution is 2.08. The Morgan fingerprint density at radius 1 is 1.12 bits per heavy atom. The van der Waals surface area contributed by atoms with Crippen LogP contribution in [0.3, 0.4) is 0 Å². The molecular weight excluding hydrogens is 304 g/mol. The topological polar surface area (TPSA) is 75.2 Å². The second-order valence-electron chi connectivity index (χ2n) is 6.92. The molecule has 134 valence electrons. The lowest BCUT2D eigenvalue weighted by Crippen LogP contribution is -2.40. The Balaban J connectivity index is 2.65. The molecule has 2 amide bonds. The van der Waals surface area contributed by atoms with Crippen LogP contribution in [0.2, 0.25) is 0 Å². The summed E-state index contributed by atoms with van der Waals surface area (Å²) in [6.45, 7) is 11.3. The van der Waals surface area contributed by atoms with Crippen molar-refractivity contribution < 1.29 is 9.59 Å². The Morgan fingerprint density at radius 3 is 2.38 bits per heavy atom. The average molecular weight is 334 g/mol. The molecule has 0 aliphatic carbocycles. The van der Waals surface area contributed by atoms with Crippen LogP contribution in [0.25, 0.3) is 0 Å². The van der Waals surface area contributed by atoms with Crippen molar-refractivity contribution in [3.8, 4) is 0 Å². The highest BCUT2D eigenvalue weighted by Gasteiger charge is 2.19. The van der Waals surface area contributed by atoms with Crippen LogP contribution < -0.4 is 5.32 Å². The molecule has 24 heavy (non-hydrogen) atoms. The van der Waals surface area contributed by atoms with Crippen molar-refractivity contribution >= 4 is 11.8 Å². The first-order chi connectivity index (χ1) is 11.3. The van der Waals surface area contributed by atoms with E-state index in [9.17, 15) is 9.59 Å². The van der Waals surface area contributed by atoms with E-state index in [-0.39, 0.29) is 17.9 Å². The third kappa shape index (κ3) is 7.06.